The van der Waals surface area contributed by atoms with Crippen LogP contribution in [-0.4, -0.2) is 43.9 Å². The van der Waals surface area contributed by atoms with Crippen molar-refractivity contribution in [2.75, 3.05) is 26.4 Å². The van der Waals surface area contributed by atoms with Gasteiger partial charge >= 0.3 is 0 Å². The molecule has 0 aromatic heterocycles. The van der Waals surface area contributed by atoms with Gasteiger partial charge in [-0.05, 0) is 25.2 Å². The third kappa shape index (κ3) is 2.96. The fourth-order valence-corrected chi connectivity index (χ4v) is 3.31. The zero-order valence-corrected chi connectivity index (χ0v) is 13.8. The smallest absolute Gasteiger partial charge is 0.240 e. The lowest BCUT2D eigenvalue weighted by Gasteiger charge is -2.57. The number of ether oxygens (including phenoxy) is 2. The third-order valence-corrected chi connectivity index (χ3v) is 5.61. The number of carbonyl (C=O) groups excluding carboxylic acids is 1. The lowest BCUT2D eigenvalue weighted by atomic mass is 9.54. The van der Waals surface area contributed by atoms with Gasteiger partial charge in [-0.1, -0.05) is 20.8 Å². The second-order valence-corrected chi connectivity index (χ2v) is 7.45. The number of amides is 1. The summed E-state index contributed by atoms with van der Waals surface area (Å²) in [4.78, 5) is 12.6. The van der Waals surface area contributed by atoms with Crippen molar-refractivity contribution in [2.45, 2.75) is 58.6 Å². The Bertz CT molecular complexity index is 391. The average molecular weight is 298 g/mol. The minimum atomic E-state index is -0.825. The lowest BCUT2D eigenvalue weighted by Crippen LogP contribution is -2.76. The minimum Gasteiger partial charge on any atom is -0.381 e. The van der Waals surface area contributed by atoms with Crippen LogP contribution in [0.15, 0.2) is 0 Å². The van der Waals surface area contributed by atoms with E-state index in [2.05, 4.69) is 12.2 Å². The first-order chi connectivity index (χ1) is 9.75. The van der Waals surface area contributed by atoms with Gasteiger partial charge in [-0.3, -0.25) is 4.79 Å². The highest BCUT2D eigenvalue weighted by atomic mass is 16.5. The van der Waals surface area contributed by atoms with Gasteiger partial charge in [0.2, 0.25) is 5.91 Å². The summed E-state index contributed by atoms with van der Waals surface area (Å²) in [5.41, 5.74) is 5.35. The van der Waals surface area contributed by atoms with Crippen LogP contribution in [0, 0.1) is 10.8 Å². The number of rotatable bonds is 5. The van der Waals surface area contributed by atoms with Gasteiger partial charge in [-0.15, -0.1) is 0 Å². The molecule has 1 amide bonds. The Morgan fingerprint density at radius 1 is 1.33 bits per heavy atom. The second kappa shape index (κ2) is 5.86. The van der Waals surface area contributed by atoms with E-state index in [9.17, 15) is 4.79 Å². The number of nitrogens with one attached hydrogen (secondary N) is 1. The highest BCUT2D eigenvalue weighted by Crippen LogP contribution is 2.49. The van der Waals surface area contributed by atoms with Crippen LogP contribution in [0.25, 0.3) is 0 Å². The van der Waals surface area contributed by atoms with E-state index in [0.717, 1.165) is 26.1 Å². The molecule has 21 heavy (non-hydrogen) atoms. The van der Waals surface area contributed by atoms with E-state index in [1.807, 2.05) is 20.8 Å². The molecule has 0 bridgehead atoms. The molecule has 0 aromatic carbocycles. The van der Waals surface area contributed by atoms with Crippen LogP contribution in [0.1, 0.15) is 47.0 Å². The molecule has 1 heterocycles. The molecular weight excluding hydrogens is 268 g/mol. The maximum atomic E-state index is 12.6. The van der Waals surface area contributed by atoms with E-state index in [1.54, 1.807) is 0 Å². The fourth-order valence-electron chi connectivity index (χ4n) is 3.31. The van der Waals surface area contributed by atoms with Gasteiger partial charge < -0.3 is 20.5 Å². The van der Waals surface area contributed by atoms with Crippen molar-refractivity contribution in [2.24, 2.45) is 16.6 Å². The Hall–Kier alpha value is -0.650. The normalized spacial score (nSPS) is 34.0. The molecule has 0 aromatic rings. The predicted molar refractivity (Wildman–Crippen MR) is 81.9 cm³/mol. The topological polar surface area (TPSA) is 73.6 Å². The number of carbonyl (C=O) groups is 1. The molecule has 5 heteroatoms. The Morgan fingerprint density at radius 3 is 2.48 bits per heavy atom. The first-order valence-corrected chi connectivity index (χ1v) is 8.02. The van der Waals surface area contributed by atoms with Gasteiger partial charge in [0.1, 0.15) is 5.54 Å². The molecule has 1 saturated carbocycles. The summed E-state index contributed by atoms with van der Waals surface area (Å²) in [7, 11) is 0. The maximum absolute atomic E-state index is 12.6. The zero-order valence-electron chi connectivity index (χ0n) is 13.8. The molecule has 3 N–H and O–H groups in total. The second-order valence-electron chi connectivity index (χ2n) is 7.45. The molecule has 2 rings (SSSR count). The molecule has 1 saturated heterocycles. The fraction of sp³-hybridized carbons (Fsp3) is 0.938. The minimum absolute atomic E-state index is 0.0452. The van der Waals surface area contributed by atoms with Gasteiger partial charge in [0.15, 0.2) is 0 Å². The molecule has 2 atom stereocenters. The van der Waals surface area contributed by atoms with Crippen LogP contribution in [-0.2, 0) is 14.3 Å². The highest BCUT2D eigenvalue weighted by molar-refractivity contribution is 5.88. The molecule has 1 aliphatic heterocycles. The Kier molecular flexibility index (Phi) is 4.66. The van der Waals surface area contributed by atoms with Crippen LogP contribution >= 0.6 is 0 Å². The quantitative estimate of drug-likeness (QED) is 0.806. The van der Waals surface area contributed by atoms with Gasteiger partial charge in [0.05, 0.1) is 6.10 Å². The first kappa shape index (κ1) is 16.7. The maximum Gasteiger partial charge on any atom is 0.240 e. The summed E-state index contributed by atoms with van der Waals surface area (Å²) in [6.07, 6.45) is 2.63. The third-order valence-electron chi connectivity index (χ3n) is 5.61. The molecule has 5 nitrogen and oxygen atoms in total. The van der Waals surface area contributed by atoms with Crippen molar-refractivity contribution in [3.8, 4) is 0 Å². The van der Waals surface area contributed by atoms with E-state index >= 15 is 0 Å². The van der Waals surface area contributed by atoms with Crippen LogP contribution in [0.3, 0.4) is 0 Å². The Morgan fingerprint density at radius 2 is 1.95 bits per heavy atom. The molecule has 2 aliphatic rings. The predicted octanol–water partition coefficient (Wildman–Crippen LogP) is 1.45. The molecule has 122 valence electrons. The van der Waals surface area contributed by atoms with Gasteiger partial charge in [0.25, 0.3) is 0 Å². The Labute approximate surface area is 127 Å². The Balaban J connectivity index is 1.91. The van der Waals surface area contributed by atoms with Crippen molar-refractivity contribution in [1.82, 2.24) is 5.32 Å². The van der Waals surface area contributed by atoms with Crippen LogP contribution in [0.2, 0.25) is 0 Å². The van der Waals surface area contributed by atoms with Crippen LogP contribution in [0.5, 0.6) is 0 Å². The summed E-state index contributed by atoms with van der Waals surface area (Å²) in [6, 6.07) is 0. The van der Waals surface area contributed by atoms with E-state index in [0.29, 0.717) is 19.6 Å². The summed E-state index contributed by atoms with van der Waals surface area (Å²) >= 11 is 0. The van der Waals surface area contributed by atoms with Gasteiger partial charge in [0, 0.05) is 38.2 Å². The van der Waals surface area contributed by atoms with Gasteiger partial charge in [-0.25, -0.2) is 0 Å². The number of nitrogens with two attached hydrogens (primary N) is 1. The van der Waals surface area contributed by atoms with E-state index in [4.69, 9.17) is 15.2 Å². The standard InChI is InChI=1S/C16H30N2O3/c1-5-21-12-10-16(17,14(12,2)3)13(19)18-11-15(4)6-8-20-9-7-15/h12H,5-11,17H2,1-4H3,(H,18,19). The van der Waals surface area contributed by atoms with Crippen molar-refractivity contribution < 1.29 is 14.3 Å². The van der Waals surface area contributed by atoms with E-state index in [-0.39, 0.29) is 22.8 Å². The van der Waals surface area contributed by atoms with Crippen LogP contribution in [0.4, 0.5) is 0 Å². The van der Waals surface area contributed by atoms with Crippen molar-refractivity contribution >= 4 is 5.91 Å². The van der Waals surface area contributed by atoms with Gasteiger partial charge in [-0.2, -0.15) is 0 Å². The average Bonchev–Trinajstić information content (AvgIpc) is 2.45. The first-order valence-electron chi connectivity index (χ1n) is 8.02. The monoisotopic (exact) mass is 298 g/mol. The van der Waals surface area contributed by atoms with Crippen LogP contribution < -0.4 is 11.1 Å². The molecule has 1 aliphatic carbocycles. The summed E-state index contributed by atoms with van der Waals surface area (Å²) in [6.45, 7) is 11.1. The lowest BCUT2D eigenvalue weighted by molar-refractivity contribution is -0.171. The van der Waals surface area contributed by atoms with E-state index < -0.39 is 5.54 Å². The highest BCUT2D eigenvalue weighted by Gasteiger charge is 2.62. The summed E-state index contributed by atoms with van der Waals surface area (Å²) < 4.78 is 11.1. The molecule has 2 fully saturated rings. The molecule has 0 spiro atoms. The van der Waals surface area contributed by atoms with E-state index in [1.165, 1.54) is 0 Å². The zero-order chi connectivity index (χ0) is 15.7. The SMILES string of the molecule is CCOC1CC(N)(C(=O)NCC2(C)CCOCC2)C1(C)C. The largest absolute Gasteiger partial charge is 0.381 e. The number of hydrogen-bond donors (Lipinski definition) is 2. The van der Waals surface area contributed by atoms with Crippen molar-refractivity contribution in [1.29, 1.82) is 0 Å². The molecular formula is C16H30N2O3. The molecule has 0 radical (unpaired) electrons. The number of hydrogen-bond acceptors (Lipinski definition) is 4. The van der Waals surface area contributed by atoms with Crippen molar-refractivity contribution in [3.05, 3.63) is 0 Å². The molecule has 2 unspecified atom stereocenters. The van der Waals surface area contributed by atoms with Crippen molar-refractivity contribution in [3.63, 3.8) is 0 Å². The summed E-state index contributed by atoms with van der Waals surface area (Å²) in [5.74, 6) is -0.0452. The summed E-state index contributed by atoms with van der Waals surface area (Å²) in [5, 5.41) is 3.08.